The van der Waals surface area contributed by atoms with E-state index in [1.54, 1.807) is 0 Å². The van der Waals surface area contributed by atoms with Gasteiger partial charge in [0.05, 0.1) is 0 Å². The molecule has 1 heteroatoms. The van der Waals surface area contributed by atoms with Crippen molar-refractivity contribution in [2.24, 2.45) is 10.9 Å². The summed E-state index contributed by atoms with van der Waals surface area (Å²) < 4.78 is 0. The molecule has 78 valence electrons. The van der Waals surface area contributed by atoms with Crippen molar-refractivity contribution < 1.29 is 0 Å². The third-order valence-corrected chi connectivity index (χ3v) is 2.73. The van der Waals surface area contributed by atoms with Crippen LogP contribution in [-0.4, -0.2) is 11.8 Å². The normalized spacial score (nSPS) is 17.2. The van der Waals surface area contributed by atoms with Crippen molar-refractivity contribution >= 4 is 5.71 Å². The van der Waals surface area contributed by atoms with Crippen LogP contribution in [-0.2, 0) is 0 Å². The third kappa shape index (κ3) is 6.80. The van der Waals surface area contributed by atoms with Gasteiger partial charge in [-0.05, 0) is 39.0 Å². The van der Waals surface area contributed by atoms with Crippen LogP contribution < -0.4 is 0 Å². The summed E-state index contributed by atoms with van der Waals surface area (Å²) in [5.41, 5.74) is 1.33. The van der Waals surface area contributed by atoms with Gasteiger partial charge in [-0.3, -0.25) is 4.99 Å². The quantitative estimate of drug-likeness (QED) is 0.550. The van der Waals surface area contributed by atoms with E-state index in [2.05, 4.69) is 39.6 Å². The zero-order valence-corrected chi connectivity index (χ0v) is 9.93. The maximum Gasteiger partial charge on any atom is 0.0468 e. The van der Waals surface area contributed by atoms with Crippen molar-refractivity contribution in [3.05, 3.63) is 0 Å². The summed E-state index contributed by atoms with van der Waals surface area (Å²) >= 11 is 0. The molecule has 0 bridgehead atoms. The van der Waals surface area contributed by atoms with Crippen molar-refractivity contribution in [1.82, 2.24) is 0 Å². The van der Waals surface area contributed by atoms with Crippen molar-refractivity contribution in [2.75, 3.05) is 0 Å². The number of hydrogen-bond acceptors (Lipinski definition) is 1. The Morgan fingerprint density at radius 2 is 1.77 bits per heavy atom. The number of aliphatic imine (C=N–C) groups is 1. The fourth-order valence-corrected chi connectivity index (χ4v) is 1.19. The van der Waals surface area contributed by atoms with Gasteiger partial charge in [0, 0.05) is 11.8 Å². The van der Waals surface area contributed by atoms with Gasteiger partial charge in [0.15, 0.2) is 0 Å². The van der Waals surface area contributed by atoms with Crippen molar-refractivity contribution in [3.8, 4) is 0 Å². The van der Waals surface area contributed by atoms with Crippen LogP contribution in [0.4, 0.5) is 0 Å². The van der Waals surface area contributed by atoms with E-state index in [1.807, 2.05) is 0 Å². The van der Waals surface area contributed by atoms with E-state index in [0.29, 0.717) is 6.04 Å². The van der Waals surface area contributed by atoms with E-state index in [1.165, 1.54) is 25.0 Å². The highest BCUT2D eigenvalue weighted by atomic mass is 14.8. The van der Waals surface area contributed by atoms with Gasteiger partial charge in [0.1, 0.15) is 0 Å². The van der Waals surface area contributed by atoms with Crippen LogP contribution in [0.1, 0.15) is 60.3 Å². The average Bonchev–Trinajstić information content (AvgIpc) is 2.13. The molecule has 0 saturated carbocycles. The summed E-state index contributed by atoms with van der Waals surface area (Å²) in [6.07, 6.45) is 4.92. The van der Waals surface area contributed by atoms with E-state index < -0.39 is 0 Å². The standard InChI is InChI=1S/C12H25N/c1-6-10(3)8-9-12(5)13-11(4)7-2/h10-11H,6-9H2,1-5H3. The van der Waals surface area contributed by atoms with E-state index in [-0.39, 0.29) is 0 Å². The van der Waals surface area contributed by atoms with Gasteiger partial charge in [0.2, 0.25) is 0 Å². The molecule has 0 aromatic rings. The molecule has 0 spiro atoms. The zero-order chi connectivity index (χ0) is 10.3. The Balaban J connectivity index is 3.72. The molecule has 0 aromatic carbocycles. The molecule has 0 saturated heterocycles. The fourth-order valence-electron chi connectivity index (χ4n) is 1.19. The van der Waals surface area contributed by atoms with Crippen LogP contribution in [0.15, 0.2) is 4.99 Å². The molecule has 0 fully saturated rings. The molecule has 13 heavy (non-hydrogen) atoms. The second-order valence-corrected chi connectivity index (χ2v) is 4.17. The first kappa shape index (κ1) is 12.7. The van der Waals surface area contributed by atoms with E-state index in [9.17, 15) is 0 Å². The van der Waals surface area contributed by atoms with Gasteiger partial charge in [0.25, 0.3) is 0 Å². The molecule has 0 rings (SSSR count). The molecular formula is C12H25N. The van der Waals surface area contributed by atoms with Crippen LogP contribution >= 0.6 is 0 Å². The van der Waals surface area contributed by atoms with Crippen molar-refractivity contribution in [2.45, 2.75) is 66.3 Å². The van der Waals surface area contributed by atoms with Gasteiger partial charge in [-0.25, -0.2) is 0 Å². The Hall–Kier alpha value is -0.330. The van der Waals surface area contributed by atoms with Crippen LogP contribution in [0, 0.1) is 5.92 Å². The van der Waals surface area contributed by atoms with Gasteiger partial charge in [-0.15, -0.1) is 0 Å². The monoisotopic (exact) mass is 183 g/mol. The molecule has 0 aliphatic rings. The molecular weight excluding hydrogens is 158 g/mol. The maximum atomic E-state index is 4.62. The molecule has 2 atom stereocenters. The minimum Gasteiger partial charge on any atom is -0.291 e. The van der Waals surface area contributed by atoms with Gasteiger partial charge >= 0.3 is 0 Å². The smallest absolute Gasteiger partial charge is 0.0468 e. The minimum atomic E-state index is 0.511. The predicted molar refractivity (Wildman–Crippen MR) is 61.6 cm³/mol. The highest BCUT2D eigenvalue weighted by molar-refractivity contribution is 5.81. The lowest BCUT2D eigenvalue weighted by Crippen LogP contribution is -2.03. The topological polar surface area (TPSA) is 12.4 Å². The second-order valence-electron chi connectivity index (χ2n) is 4.17. The SMILES string of the molecule is CCC(C)CCC(C)=NC(C)CC. The number of hydrogen-bond donors (Lipinski definition) is 0. The van der Waals surface area contributed by atoms with E-state index in [0.717, 1.165) is 12.3 Å². The van der Waals surface area contributed by atoms with E-state index >= 15 is 0 Å². The summed E-state index contributed by atoms with van der Waals surface area (Å²) in [4.78, 5) is 4.62. The summed E-state index contributed by atoms with van der Waals surface area (Å²) in [5.74, 6) is 0.849. The summed E-state index contributed by atoms with van der Waals surface area (Å²) in [5, 5.41) is 0. The molecule has 1 nitrogen and oxygen atoms in total. The summed E-state index contributed by atoms with van der Waals surface area (Å²) in [7, 11) is 0. The predicted octanol–water partition coefficient (Wildman–Crippen LogP) is 4.07. The first-order valence-electron chi connectivity index (χ1n) is 5.63. The number of nitrogens with zero attached hydrogens (tertiary/aromatic N) is 1. The highest BCUT2D eigenvalue weighted by Gasteiger charge is 2.01. The lowest BCUT2D eigenvalue weighted by atomic mass is 10.0. The first-order chi connectivity index (χ1) is 6.10. The first-order valence-corrected chi connectivity index (χ1v) is 5.63. The molecule has 0 aromatic heterocycles. The Morgan fingerprint density at radius 1 is 1.15 bits per heavy atom. The van der Waals surface area contributed by atoms with Gasteiger partial charge in [-0.2, -0.15) is 0 Å². The minimum absolute atomic E-state index is 0.511. The fraction of sp³-hybridized carbons (Fsp3) is 0.917. The van der Waals surface area contributed by atoms with Crippen LogP contribution in [0.3, 0.4) is 0 Å². The van der Waals surface area contributed by atoms with Crippen molar-refractivity contribution in [1.29, 1.82) is 0 Å². The summed E-state index contributed by atoms with van der Waals surface area (Å²) in [6.45, 7) is 11.1. The van der Waals surface area contributed by atoms with Crippen LogP contribution in [0.25, 0.3) is 0 Å². The van der Waals surface area contributed by atoms with Gasteiger partial charge < -0.3 is 0 Å². The molecule has 0 aliphatic heterocycles. The average molecular weight is 183 g/mol. The molecule has 0 amide bonds. The van der Waals surface area contributed by atoms with Crippen LogP contribution in [0.2, 0.25) is 0 Å². The molecule has 0 aliphatic carbocycles. The molecule has 2 unspecified atom stereocenters. The molecule has 0 radical (unpaired) electrons. The second kappa shape index (κ2) is 7.11. The Kier molecular flexibility index (Phi) is 6.93. The largest absolute Gasteiger partial charge is 0.291 e. The third-order valence-electron chi connectivity index (χ3n) is 2.73. The molecule has 0 N–H and O–H groups in total. The maximum absolute atomic E-state index is 4.62. The van der Waals surface area contributed by atoms with Gasteiger partial charge in [-0.1, -0.05) is 27.2 Å². The Bertz CT molecular complexity index is 149. The lowest BCUT2D eigenvalue weighted by Gasteiger charge is -2.09. The number of rotatable bonds is 6. The van der Waals surface area contributed by atoms with E-state index in [4.69, 9.17) is 0 Å². The lowest BCUT2D eigenvalue weighted by molar-refractivity contribution is 0.527. The highest BCUT2D eigenvalue weighted by Crippen LogP contribution is 2.10. The Morgan fingerprint density at radius 3 is 2.23 bits per heavy atom. The summed E-state index contributed by atoms with van der Waals surface area (Å²) in [6, 6.07) is 0.511. The van der Waals surface area contributed by atoms with Crippen molar-refractivity contribution in [3.63, 3.8) is 0 Å². The van der Waals surface area contributed by atoms with Crippen LogP contribution in [0.5, 0.6) is 0 Å². The zero-order valence-electron chi connectivity index (χ0n) is 9.93. The Labute approximate surface area is 83.6 Å². The molecule has 0 heterocycles.